The van der Waals surface area contributed by atoms with Crippen molar-refractivity contribution in [2.24, 2.45) is 0 Å². The molecule has 1 unspecified atom stereocenters. The van der Waals surface area contributed by atoms with Gasteiger partial charge in [-0.05, 0) is 43.7 Å². The maximum absolute atomic E-state index is 12.2. The number of imide groups is 1. The van der Waals surface area contributed by atoms with Crippen LogP contribution in [0.5, 0.6) is 0 Å². The monoisotopic (exact) mass is 426 g/mol. The van der Waals surface area contributed by atoms with E-state index in [4.69, 9.17) is 0 Å². The lowest BCUT2D eigenvalue weighted by atomic mass is 9.92. The number of thioether (sulfide) groups is 1. The molecule has 5 amide bonds. The summed E-state index contributed by atoms with van der Waals surface area (Å²) in [5.41, 5.74) is 1.67. The molecule has 0 bridgehead atoms. The van der Waals surface area contributed by atoms with Gasteiger partial charge in [-0.1, -0.05) is 29.8 Å². The van der Waals surface area contributed by atoms with E-state index in [-0.39, 0.29) is 23.3 Å². The highest BCUT2D eigenvalue weighted by atomic mass is 32.2. The second-order valence-corrected chi connectivity index (χ2v) is 8.05. The summed E-state index contributed by atoms with van der Waals surface area (Å²) < 4.78 is 0. The zero-order valence-corrected chi connectivity index (χ0v) is 17.4. The van der Waals surface area contributed by atoms with Crippen LogP contribution in [0.2, 0.25) is 0 Å². The van der Waals surface area contributed by atoms with E-state index in [1.165, 1.54) is 11.8 Å². The van der Waals surface area contributed by atoms with Crippen molar-refractivity contribution in [1.29, 1.82) is 0 Å². The Bertz CT molecular complexity index is 993. The Morgan fingerprint density at radius 1 is 0.967 bits per heavy atom. The van der Waals surface area contributed by atoms with E-state index in [0.29, 0.717) is 16.9 Å². The van der Waals surface area contributed by atoms with Gasteiger partial charge in [-0.3, -0.25) is 19.7 Å². The molecule has 0 saturated carbocycles. The van der Waals surface area contributed by atoms with Crippen molar-refractivity contribution in [1.82, 2.24) is 10.6 Å². The SMILES string of the molecule is Cc1ccc(NC(=O)CSCC(=O)Nc2cccc(C3(C)NC(=O)NC3=O)c2)cc1. The quantitative estimate of drug-likeness (QED) is 0.507. The number of urea groups is 1. The van der Waals surface area contributed by atoms with Crippen LogP contribution in [0.1, 0.15) is 18.1 Å². The third-order valence-electron chi connectivity index (χ3n) is 4.57. The first-order valence-electron chi connectivity index (χ1n) is 9.24. The maximum atomic E-state index is 12.2. The number of amides is 5. The highest BCUT2D eigenvalue weighted by Gasteiger charge is 2.43. The topological polar surface area (TPSA) is 116 Å². The van der Waals surface area contributed by atoms with Gasteiger partial charge in [0.05, 0.1) is 11.5 Å². The number of nitrogens with one attached hydrogen (secondary N) is 4. The van der Waals surface area contributed by atoms with E-state index in [1.807, 2.05) is 31.2 Å². The smallest absolute Gasteiger partial charge is 0.322 e. The molecule has 2 aromatic carbocycles. The lowest BCUT2D eigenvalue weighted by Crippen LogP contribution is -2.40. The van der Waals surface area contributed by atoms with Gasteiger partial charge < -0.3 is 16.0 Å². The minimum Gasteiger partial charge on any atom is -0.325 e. The van der Waals surface area contributed by atoms with Crippen molar-refractivity contribution in [3.8, 4) is 0 Å². The number of hydrogen-bond donors (Lipinski definition) is 4. The predicted molar refractivity (Wildman–Crippen MR) is 116 cm³/mol. The van der Waals surface area contributed by atoms with Crippen LogP contribution < -0.4 is 21.3 Å². The van der Waals surface area contributed by atoms with Crippen LogP contribution in [0.3, 0.4) is 0 Å². The van der Waals surface area contributed by atoms with Gasteiger partial charge in [0, 0.05) is 11.4 Å². The van der Waals surface area contributed by atoms with Crippen LogP contribution in [0.4, 0.5) is 16.2 Å². The van der Waals surface area contributed by atoms with Gasteiger partial charge in [-0.25, -0.2) is 4.79 Å². The first kappa shape index (κ1) is 21.4. The molecule has 8 nitrogen and oxygen atoms in total. The molecular formula is C21H22N4O4S. The van der Waals surface area contributed by atoms with Crippen molar-refractivity contribution in [3.05, 3.63) is 59.7 Å². The highest BCUT2D eigenvalue weighted by molar-refractivity contribution is 8.00. The molecule has 3 rings (SSSR count). The van der Waals surface area contributed by atoms with E-state index >= 15 is 0 Å². The van der Waals surface area contributed by atoms with Crippen molar-refractivity contribution < 1.29 is 19.2 Å². The molecule has 0 aromatic heterocycles. The third kappa shape index (κ3) is 5.18. The first-order valence-corrected chi connectivity index (χ1v) is 10.4. The molecule has 1 saturated heterocycles. The molecule has 9 heteroatoms. The summed E-state index contributed by atoms with van der Waals surface area (Å²) in [4.78, 5) is 47.7. The van der Waals surface area contributed by atoms with Gasteiger partial charge in [0.15, 0.2) is 0 Å². The second kappa shape index (κ2) is 9.00. The van der Waals surface area contributed by atoms with E-state index in [1.54, 1.807) is 31.2 Å². The van der Waals surface area contributed by atoms with Crippen LogP contribution in [0.25, 0.3) is 0 Å². The predicted octanol–water partition coefficient (Wildman–Crippen LogP) is 2.36. The van der Waals surface area contributed by atoms with Crippen LogP contribution in [0, 0.1) is 6.92 Å². The fraction of sp³-hybridized carbons (Fsp3) is 0.238. The van der Waals surface area contributed by atoms with Crippen LogP contribution in [0.15, 0.2) is 48.5 Å². The van der Waals surface area contributed by atoms with Gasteiger partial charge in [0.1, 0.15) is 5.54 Å². The van der Waals surface area contributed by atoms with Gasteiger partial charge in [-0.2, -0.15) is 0 Å². The molecule has 1 fully saturated rings. The molecule has 4 N–H and O–H groups in total. The summed E-state index contributed by atoms with van der Waals surface area (Å²) in [6.07, 6.45) is 0. The van der Waals surface area contributed by atoms with Crippen molar-refractivity contribution in [3.63, 3.8) is 0 Å². The average Bonchev–Trinajstić information content (AvgIpc) is 2.96. The summed E-state index contributed by atoms with van der Waals surface area (Å²) in [5.74, 6) is -0.669. The van der Waals surface area contributed by atoms with Crippen molar-refractivity contribution in [2.45, 2.75) is 19.4 Å². The maximum Gasteiger partial charge on any atom is 0.322 e. The second-order valence-electron chi connectivity index (χ2n) is 7.07. The Balaban J connectivity index is 1.49. The Morgan fingerprint density at radius 2 is 1.60 bits per heavy atom. The summed E-state index contributed by atoms with van der Waals surface area (Å²) in [7, 11) is 0. The van der Waals surface area contributed by atoms with E-state index in [0.717, 1.165) is 5.56 Å². The standard InChI is InChI=1S/C21H22N4O4S/c1-13-6-8-15(9-7-13)22-17(26)11-30-12-18(27)23-16-5-3-4-14(10-16)21(2)19(28)24-20(29)25-21/h3-10H,11-12H2,1-2H3,(H,22,26)(H,23,27)(H2,24,25,28,29). The summed E-state index contributed by atoms with van der Waals surface area (Å²) >= 11 is 1.20. The number of carbonyl (C=O) groups excluding carboxylic acids is 4. The Hall–Kier alpha value is -3.33. The van der Waals surface area contributed by atoms with Crippen LogP contribution in [-0.2, 0) is 19.9 Å². The van der Waals surface area contributed by atoms with Gasteiger partial charge >= 0.3 is 6.03 Å². The molecule has 156 valence electrons. The molecule has 30 heavy (non-hydrogen) atoms. The molecule has 1 aliphatic heterocycles. The molecule has 2 aromatic rings. The molecule has 0 radical (unpaired) electrons. The van der Waals surface area contributed by atoms with Crippen molar-refractivity contribution in [2.75, 3.05) is 22.1 Å². The van der Waals surface area contributed by atoms with Gasteiger partial charge in [0.25, 0.3) is 5.91 Å². The third-order valence-corrected chi connectivity index (χ3v) is 5.50. The largest absolute Gasteiger partial charge is 0.325 e. The zero-order chi connectivity index (χ0) is 21.7. The molecule has 1 aliphatic rings. The number of benzene rings is 2. The Morgan fingerprint density at radius 3 is 2.20 bits per heavy atom. The van der Waals surface area contributed by atoms with Crippen LogP contribution >= 0.6 is 11.8 Å². The lowest BCUT2D eigenvalue weighted by Gasteiger charge is -2.21. The van der Waals surface area contributed by atoms with Gasteiger partial charge in [0.2, 0.25) is 11.8 Å². The fourth-order valence-electron chi connectivity index (χ4n) is 2.92. The number of rotatable bonds is 7. The number of aryl methyl sites for hydroxylation is 1. The summed E-state index contributed by atoms with van der Waals surface area (Å²) in [6.45, 7) is 3.56. The minimum atomic E-state index is -1.19. The number of anilines is 2. The van der Waals surface area contributed by atoms with Crippen molar-refractivity contribution >= 4 is 46.9 Å². The molecule has 0 spiro atoms. The van der Waals surface area contributed by atoms with Crippen LogP contribution in [-0.4, -0.2) is 35.3 Å². The molecular weight excluding hydrogens is 404 g/mol. The summed E-state index contributed by atoms with van der Waals surface area (Å²) in [5, 5.41) is 10.3. The average molecular weight is 426 g/mol. The lowest BCUT2D eigenvalue weighted by molar-refractivity contribution is -0.123. The van der Waals surface area contributed by atoms with E-state index < -0.39 is 17.5 Å². The molecule has 0 aliphatic carbocycles. The Labute approximate surface area is 178 Å². The number of carbonyl (C=O) groups is 4. The first-order chi connectivity index (χ1) is 14.3. The van der Waals surface area contributed by atoms with E-state index in [2.05, 4.69) is 21.3 Å². The molecule has 1 heterocycles. The number of hydrogen-bond acceptors (Lipinski definition) is 5. The summed E-state index contributed by atoms with van der Waals surface area (Å²) in [6, 6.07) is 13.6. The fourth-order valence-corrected chi connectivity index (χ4v) is 3.54. The normalized spacial score (nSPS) is 17.8. The molecule has 1 atom stereocenters. The highest BCUT2D eigenvalue weighted by Crippen LogP contribution is 2.26. The zero-order valence-electron chi connectivity index (χ0n) is 16.6. The van der Waals surface area contributed by atoms with E-state index in [9.17, 15) is 19.2 Å². The Kier molecular flexibility index (Phi) is 6.41. The minimum absolute atomic E-state index is 0.0973. The van der Waals surface area contributed by atoms with Gasteiger partial charge in [-0.15, -0.1) is 11.8 Å².